The molecule has 0 saturated carbocycles. The number of pyridine rings is 1. The Morgan fingerprint density at radius 1 is 0.909 bits per heavy atom. The molecule has 5 aromatic rings. The van der Waals surface area contributed by atoms with Gasteiger partial charge in [-0.05, 0) is 64.4 Å². The van der Waals surface area contributed by atoms with Gasteiger partial charge in [0.15, 0.2) is 6.33 Å². The summed E-state index contributed by atoms with van der Waals surface area (Å²) in [6, 6.07) is 27.8. The summed E-state index contributed by atoms with van der Waals surface area (Å²) < 4.78 is 5.98. The highest BCUT2D eigenvalue weighted by molar-refractivity contribution is 6.30. The third-order valence-electron chi connectivity index (χ3n) is 5.18. The van der Waals surface area contributed by atoms with Crippen LogP contribution in [-0.4, -0.2) is 25.2 Å². The van der Waals surface area contributed by atoms with E-state index in [1.54, 1.807) is 4.80 Å². The Kier molecular flexibility index (Phi) is 6.08. The lowest BCUT2D eigenvalue weighted by atomic mass is 10.0. The number of hydrogen-bond acceptors (Lipinski definition) is 5. The van der Waals surface area contributed by atoms with Gasteiger partial charge >= 0.3 is 0 Å². The Morgan fingerprint density at radius 3 is 2.52 bits per heavy atom. The Hall–Kier alpha value is -4.03. The van der Waals surface area contributed by atoms with E-state index in [0.29, 0.717) is 18.2 Å². The second kappa shape index (κ2) is 9.63. The number of halogens is 1. The standard InChI is InChI=1S/C26H20ClN5O/c27-23-10-5-19(6-11-23)15-22(16-32-29-18-28-31-32)20-8-13-25(14-9-20)33-17-24-12-7-21-3-1-2-4-26(21)30-24/h1-15,18H,16-17H2/b22-15-. The quantitative estimate of drug-likeness (QED) is 0.296. The molecule has 0 radical (unpaired) electrons. The number of tetrazole rings is 1. The van der Waals surface area contributed by atoms with Crippen LogP contribution >= 0.6 is 11.6 Å². The normalized spacial score (nSPS) is 11.6. The molecular formula is C26H20ClN5O. The SMILES string of the molecule is Clc1ccc(/C=C(/Cn2ncnn2)c2ccc(OCc3ccc4ccccc4n3)cc2)cc1. The fourth-order valence-corrected chi connectivity index (χ4v) is 3.63. The fourth-order valence-electron chi connectivity index (χ4n) is 3.50. The van der Waals surface area contributed by atoms with E-state index in [1.807, 2.05) is 72.8 Å². The van der Waals surface area contributed by atoms with Gasteiger partial charge in [0.1, 0.15) is 12.4 Å². The molecule has 0 N–H and O–H groups in total. The van der Waals surface area contributed by atoms with Crippen molar-refractivity contribution in [2.24, 2.45) is 0 Å². The van der Waals surface area contributed by atoms with Crippen molar-refractivity contribution in [3.05, 3.63) is 113 Å². The molecule has 0 saturated heterocycles. The summed E-state index contributed by atoms with van der Waals surface area (Å²) in [4.78, 5) is 6.22. The van der Waals surface area contributed by atoms with Gasteiger partial charge in [-0.1, -0.05) is 60.1 Å². The van der Waals surface area contributed by atoms with E-state index in [9.17, 15) is 0 Å². The smallest absolute Gasteiger partial charge is 0.162 e. The average molecular weight is 454 g/mol. The predicted molar refractivity (Wildman–Crippen MR) is 130 cm³/mol. The first-order valence-electron chi connectivity index (χ1n) is 10.5. The lowest BCUT2D eigenvalue weighted by molar-refractivity contribution is 0.302. The molecule has 2 aromatic heterocycles. The number of allylic oxidation sites excluding steroid dienone is 1. The molecule has 6 nitrogen and oxygen atoms in total. The molecule has 0 aliphatic carbocycles. The lowest BCUT2D eigenvalue weighted by Gasteiger charge is -2.10. The highest BCUT2D eigenvalue weighted by atomic mass is 35.5. The van der Waals surface area contributed by atoms with Crippen LogP contribution in [0.15, 0.2) is 91.3 Å². The second-order valence-corrected chi connectivity index (χ2v) is 7.93. The minimum absolute atomic E-state index is 0.403. The number of rotatable bonds is 7. The zero-order valence-corrected chi connectivity index (χ0v) is 18.4. The molecule has 0 spiro atoms. The van der Waals surface area contributed by atoms with E-state index < -0.39 is 0 Å². The number of ether oxygens (including phenoxy) is 1. The fraction of sp³-hybridized carbons (Fsp3) is 0.0769. The minimum Gasteiger partial charge on any atom is -0.487 e. The van der Waals surface area contributed by atoms with E-state index in [0.717, 1.165) is 39.0 Å². The number of nitrogens with zero attached hydrogens (tertiary/aromatic N) is 5. The molecule has 162 valence electrons. The van der Waals surface area contributed by atoms with Gasteiger partial charge < -0.3 is 4.74 Å². The zero-order valence-electron chi connectivity index (χ0n) is 17.7. The van der Waals surface area contributed by atoms with Gasteiger partial charge in [0.05, 0.1) is 17.8 Å². The molecule has 0 aliphatic heterocycles. The molecule has 0 amide bonds. The highest BCUT2D eigenvalue weighted by Gasteiger charge is 2.07. The predicted octanol–water partition coefficient (Wildman–Crippen LogP) is 5.69. The van der Waals surface area contributed by atoms with Crippen molar-refractivity contribution < 1.29 is 4.74 Å². The maximum atomic E-state index is 6.03. The first-order chi connectivity index (χ1) is 16.2. The van der Waals surface area contributed by atoms with E-state index in [-0.39, 0.29) is 0 Å². The summed E-state index contributed by atoms with van der Waals surface area (Å²) in [5, 5.41) is 13.8. The van der Waals surface area contributed by atoms with E-state index in [1.165, 1.54) is 6.33 Å². The molecule has 0 atom stereocenters. The lowest BCUT2D eigenvalue weighted by Crippen LogP contribution is -2.05. The van der Waals surface area contributed by atoms with Crippen molar-refractivity contribution in [2.45, 2.75) is 13.2 Å². The van der Waals surface area contributed by atoms with Gasteiger partial charge in [0, 0.05) is 10.4 Å². The van der Waals surface area contributed by atoms with Crippen LogP contribution in [-0.2, 0) is 13.2 Å². The van der Waals surface area contributed by atoms with Crippen LogP contribution in [0.3, 0.4) is 0 Å². The summed E-state index contributed by atoms with van der Waals surface area (Å²) in [6.45, 7) is 0.893. The number of aromatic nitrogens is 5. The number of hydrogen-bond donors (Lipinski definition) is 0. The van der Waals surface area contributed by atoms with Gasteiger partial charge in [-0.25, -0.2) is 4.98 Å². The van der Waals surface area contributed by atoms with Crippen LogP contribution in [0.2, 0.25) is 5.02 Å². The molecule has 0 fully saturated rings. The largest absolute Gasteiger partial charge is 0.487 e. The van der Waals surface area contributed by atoms with Crippen LogP contribution in [0.5, 0.6) is 5.75 Å². The van der Waals surface area contributed by atoms with E-state index >= 15 is 0 Å². The summed E-state index contributed by atoms with van der Waals surface area (Å²) in [5.74, 6) is 0.776. The summed E-state index contributed by atoms with van der Waals surface area (Å²) >= 11 is 6.03. The minimum atomic E-state index is 0.403. The average Bonchev–Trinajstić information content (AvgIpc) is 3.37. The first kappa shape index (κ1) is 20.8. The molecule has 2 heterocycles. The summed E-state index contributed by atoms with van der Waals surface area (Å²) in [6.07, 6.45) is 3.52. The number of fused-ring (bicyclic) bond motifs is 1. The summed E-state index contributed by atoms with van der Waals surface area (Å²) in [5.41, 5.74) is 4.97. The number of benzene rings is 3. The van der Waals surface area contributed by atoms with E-state index in [4.69, 9.17) is 16.3 Å². The van der Waals surface area contributed by atoms with Gasteiger partial charge in [0.2, 0.25) is 0 Å². The monoisotopic (exact) mass is 453 g/mol. The zero-order chi connectivity index (χ0) is 22.5. The van der Waals surface area contributed by atoms with Gasteiger partial charge in [-0.2, -0.15) is 4.80 Å². The first-order valence-corrected chi connectivity index (χ1v) is 10.9. The van der Waals surface area contributed by atoms with E-state index in [2.05, 4.69) is 38.6 Å². The van der Waals surface area contributed by atoms with Crippen LogP contribution < -0.4 is 4.74 Å². The van der Waals surface area contributed by atoms with Gasteiger partial charge in [-0.15, -0.1) is 10.2 Å². The molecule has 0 aliphatic rings. The van der Waals surface area contributed by atoms with Crippen LogP contribution in [0.1, 0.15) is 16.8 Å². The van der Waals surface area contributed by atoms with Gasteiger partial charge in [0.25, 0.3) is 0 Å². The molecule has 0 unspecified atom stereocenters. The van der Waals surface area contributed by atoms with Crippen LogP contribution in [0, 0.1) is 0 Å². The second-order valence-electron chi connectivity index (χ2n) is 7.50. The van der Waals surface area contributed by atoms with Crippen molar-refractivity contribution in [1.29, 1.82) is 0 Å². The third kappa shape index (κ3) is 5.25. The van der Waals surface area contributed by atoms with Crippen LogP contribution in [0.4, 0.5) is 0 Å². The van der Waals surface area contributed by atoms with Crippen molar-refractivity contribution in [2.75, 3.05) is 0 Å². The number of para-hydroxylation sites is 1. The van der Waals surface area contributed by atoms with Gasteiger partial charge in [-0.3, -0.25) is 0 Å². The summed E-state index contributed by atoms with van der Waals surface area (Å²) in [7, 11) is 0. The topological polar surface area (TPSA) is 65.7 Å². The molecule has 3 aromatic carbocycles. The Balaban J connectivity index is 1.34. The molecule has 5 rings (SSSR count). The van der Waals surface area contributed by atoms with Crippen molar-refractivity contribution in [3.8, 4) is 5.75 Å². The van der Waals surface area contributed by atoms with Crippen molar-refractivity contribution in [3.63, 3.8) is 0 Å². The Morgan fingerprint density at radius 2 is 1.73 bits per heavy atom. The molecule has 0 bridgehead atoms. The van der Waals surface area contributed by atoms with Crippen molar-refractivity contribution in [1.82, 2.24) is 25.2 Å². The van der Waals surface area contributed by atoms with Crippen molar-refractivity contribution >= 4 is 34.2 Å². The molecule has 33 heavy (non-hydrogen) atoms. The maximum Gasteiger partial charge on any atom is 0.162 e. The Labute approximate surface area is 196 Å². The Bertz CT molecular complexity index is 1380. The van der Waals surface area contributed by atoms with Crippen LogP contribution in [0.25, 0.3) is 22.6 Å². The highest BCUT2D eigenvalue weighted by Crippen LogP contribution is 2.24. The molecular weight excluding hydrogens is 434 g/mol. The third-order valence-corrected chi connectivity index (χ3v) is 5.43. The maximum absolute atomic E-state index is 6.03. The molecule has 7 heteroatoms.